The van der Waals surface area contributed by atoms with E-state index in [1.807, 2.05) is 0 Å². The summed E-state index contributed by atoms with van der Waals surface area (Å²) in [4.78, 5) is 11.8. The lowest BCUT2D eigenvalue weighted by Gasteiger charge is -2.22. The maximum atomic E-state index is 13.0. The van der Waals surface area contributed by atoms with E-state index in [1.165, 1.54) is 28.6 Å². The molecule has 8 heteroatoms. The van der Waals surface area contributed by atoms with Gasteiger partial charge in [0.1, 0.15) is 5.82 Å². The van der Waals surface area contributed by atoms with Crippen LogP contribution in [0.3, 0.4) is 0 Å². The van der Waals surface area contributed by atoms with E-state index in [1.54, 1.807) is 11.8 Å². The molecule has 5 nitrogen and oxygen atoms in total. The van der Waals surface area contributed by atoms with Gasteiger partial charge in [0.25, 0.3) is 0 Å². The molecule has 1 aromatic rings. The fourth-order valence-electron chi connectivity index (χ4n) is 2.11. The largest absolute Gasteiger partial charge is 0.355 e. The molecule has 1 N–H and O–H groups in total. The van der Waals surface area contributed by atoms with Crippen molar-refractivity contribution in [3.8, 4) is 0 Å². The second kappa shape index (κ2) is 9.43. The summed E-state index contributed by atoms with van der Waals surface area (Å²) in [5.41, 5.74) is 0.394. The van der Waals surface area contributed by atoms with Crippen LogP contribution in [-0.4, -0.2) is 44.2 Å². The van der Waals surface area contributed by atoms with E-state index in [0.717, 1.165) is 12.0 Å². The average molecular weight is 391 g/mol. The zero-order chi connectivity index (χ0) is 19.1. The Morgan fingerprint density at radius 2 is 1.84 bits per heavy atom. The van der Waals surface area contributed by atoms with Crippen molar-refractivity contribution in [3.05, 3.63) is 30.1 Å². The molecule has 0 fully saturated rings. The summed E-state index contributed by atoms with van der Waals surface area (Å²) in [5.74, 6) is 0.312. The molecular weight excluding hydrogens is 363 g/mol. The van der Waals surface area contributed by atoms with E-state index in [0.29, 0.717) is 18.7 Å². The molecular formula is C17H27FN2O3S2. The van der Waals surface area contributed by atoms with Gasteiger partial charge >= 0.3 is 0 Å². The van der Waals surface area contributed by atoms with Crippen LogP contribution in [0.4, 0.5) is 10.1 Å². The summed E-state index contributed by atoms with van der Waals surface area (Å²) in [7, 11) is -3.49. The molecule has 0 aromatic heterocycles. The number of rotatable bonds is 9. The standard InChI is InChI=1S/C17H27FN2O3S2/c1-17(2,3)24-13-11-19-16(21)6-5-12-20(25(4,22)23)15-9-7-14(18)8-10-15/h7-10H,5-6,11-13H2,1-4H3,(H,19,21). The molecule has 0 spiro atoms. The zero-order valence-electron chi connectivity index (χ0n) is 15.2. The SMILES string of the molecule is CC(C)(C)SCCNC(=O)CCCN(c1ccc(F)cc1)S(C)(=O)=O. The summed E-state index contributed by atoms with van der Waals surface area (Å²) in [6.45, 7) is 7.13. The monoisotopic (exact) mass is 390 g/mol. The van der Waals surface area contributed by atoms with Gasteiger partial charge in [-0.15, -0.1) is 0 Å². The van der Waals surface area contributed by atoms with Crippen molar-refractivity contribution in [2.24, 2.45) is 0 Å². The molecule has 0 saturated carbocycles. The molecule has 1 rings (SSSR count). The first-order valence-corrected chi connectivity index (χ1v) is 11.0. The lowest BCUT2D eigenvalue weighted by molar-refractivity contribution is -0.121. The summed E-state index contributed by atoms with van der Waals surface area (Å²) in [6.07, 6.45) is 1.73. The third kappa shape index (κ3) is 9.11. The molecule has 0 bridgehead atoms. The van der Waals surface area contributed by atoms with Crippen LogP contribution >= 0.6 is 11.8 Å². The molecule has 142 valence electrons. The molecule has 0 unspecified atom stereocenters. The summed E-state index contributed by atoms with van der Waals surface area (Å²) in [5, 5.41) is 2.84. The van der Waals surface area contributed by atoms with Gasteiger partial charge in [0, 0.05) is 30.0 Å². The Kier molecular flexibility index (Phi) is 8.21. The average Bonchev–Trinajstić information content (AvgIpc) is 2.47. The highest BCUT2D eigenvalue weighted by atomic mass is 32.2. The van der Waals surface area contributed by atoms with E-state index in [4.69, 9.17) is 0 Å². The van der Waals surface area contributed by atoms with Gasteiger partial charge in [-0.25, -0.2) is 12.8 Å². The number of hydrogen-bond donors (Lipinski definition) is 1. The van der Waals surface area contributed by atoms with Crippen molar-refractivity contribution in [2.45, 2.75) is 38.4 Å². The van der Waals surface area contributed by atoms with Gasteiger partial charge in [0.05, 0.1) is 11.9 Å². The van der Waals surface area contributed by atoms with Crippen LogP contribution in [0.15, 0.2) is 24.3 Å². The molecule has 1 aromatic carbocycles. The second-order valence-corrected chi connectivity index (χ2v) is 10.6. The number of nitrogens with one attached hydrogen (secondary N) is 1. The van der Waals surface area contributed by atoms with Crippen LogP contribution in [0.2, 0.25) is 0 Å². The molecule has 0 radical (unpaired) electrons. The number of nitrogens with zero attached hydrogens (tertiary/aromatic N) is 1. The smallest absolute Gasteiger partial charge is 0.232 e. The highest BCUT2D eigenvalue weighted by Gasteiger charge is 2.17. The highest BCUT2D eigenvalue weighted by molar-refractivity contribution is 8.00. The van der Waals surface area contributed by atoms with Crippen LogP contribution < -0.4 is 9.62 Å². The molecule has 25 heavy (non-hydrogen) atoms. The Morgan fingerprint density at radius 3 is 2.36 bits per heavy atom. The van der Waals surface area contributed by atoms with Crippen molar-refractivity contribution >= 4 is 33.4 Å². The number of halogens is 1. The van der Waals surface area contributed by atoms with E-state index < -0.39 is 15.8 Å². The maximum absolute atomic E-state index is 13.0. The van der Waals surface area contributed by atoms with Gasteiger partial charge in [-0.1, -0.05) is 20.8 Å². The van der Waals surface area contributed by atoms with Gasteiger partial charge in [0.15, 0.2) is 0 Å². The van der Waals surface area contributed by atoms with E-state index in [-0.39, 0.29) is 23.6 Å². The predicted octanol–water partition coefficient (Wildman–Crippen LogP) is 3.02. The lowest BCUT2D eigenvalue weighted by atomic mass is 10.2. The highest BCUT2D eigenvalue weighted by Crippen LogP contribution is 2.22. The van der Waals surface area contributed by atoms with Crippen molar-refractivity contribution in [2.75, 3.05) is 29.4 Å². The van der Waals surface area contributed by atoms with Crippen LogP contribution in [0.1, 0.15) is 33.6 Å². The number of carbonyl (C=O) groups excluding carboxylic acids is 1. The van der Waals surface area contributed by atoms with Crippen molar-refractivity contribution in [1.82, 2.24) is 5.32 Å². The Bertz CT molecular complexity index is 655. The van der Waals surface area contributed by atoms with Crippen molar-refractivity contribution in [1.29, 1.82) is 0 Å². The number of anilines is 1. The summed E-state index contributed by atoms with van der Waals surface area (Å²) < 4.78 is 38.2. The molecule has 1 amide bonds. The molecule has 0 aliphatic heterocycles. The Morgan fingerprint density at radius 1 is 1.24 bits per heavy atom. The molecule has 0 saturated heterocycles. The number of benzene rings is 1. The number of carbonyl (C=O) groups is 1. The summed E-state index contributed by atoms with van der Waals surface area (Å²) >= 11 is 1.77. The van der Waals surface area contributed by atoms with Crippen molar-refractivity contribution < 1.29 is 17.6 Å². The number of hydrogen-bond acceptors (Lipinski definition) is 4. The quantitative estimate of drug-likeness (QED) is 0.658. The molecule has 0 aliphatic rings. The topological polar surface area (TPSA) is 66.5 Å². The Balaban J connectivity index is 2.45. The lowest BCUT2D eigenvalue weighted by Crippen LogP contribution is -2.32. The third-order valence-electron chi connectivity index (χ3n) is 3.24. The van der Waals surface area contributed by atoms with Gasteiger partial charge in [0.2, 0.25) is 15.9 Å². The fourth-order valence-corrected chi connectivity index (χ4v) is 3.89. The minimum atomic E-state index is -3.49. The second-order valence-electron chi connectivity index (χ2n) is 6.73. The van der Waals surface area contributed by atoms with E-state index in [2.05, 4.69) is 26.1 Å². The fraction of sp³-hybridized carbons (Fsp3) is 0.588. The van der Waals surface area contributed by atoms with Crippen molar-refractivity contribution in [3.63, 3.8) is 0 Å². The Labute approximate surface area is 154 Å². The number of thioether (sulfide) groups is 1. The van der Waals surface area contributed by atoms with Gasteiger partial charge in [-0.05, 0) is 30.7 Å². The number of sulfonamides is 1. The summed E-state index contributed by atoms with van der Waals surface area (Å²) in [6, 6.07) is 5.26. The third-order valence-corrected chi connectivity index (χ3v) is 5.71. The van der Waals surface area contributed by atoms with Gasteiger partial charge in [-0.2, -0.15) is 11.8 Å². The maximum Gasteiger partial charge on any atom is 0.232 e. The van der Waals surface area contributed by atoms with Gasteiger partial charge < -0.3 is 5.32 Å². The normalized spacial score (nSPS) is 12.0. The molecule has 0 atom stereocenters. The first kappa shape index (κ1) is 21.8. The molecule has 0 heterocycles. The van der Waals surface area contributed by atoms with Gasteiger partial charge in [-0.3, -0.25) is 9.10 Å². The minimum Gasteiger partial charge on any atom is -0.355 e. The minimum absolute atomic E-state index is 0.0953. The van der Waals surface area contributed by atoms with Crippen LogP contribution in [0, 0.1) is 5.82 Å². The zero-order valence-corrected chi connectivity index (χ0v) is 16.8. The molecule has 0 aliphatic carbocycles. The van der Waals surface area contributed by atoms with E-state index in [9.17, 15) is 17.6 Å². The Hall–Kier alpha value is -1.28. The van der Waals surface area contributed by atoms with E-state index >= 15 is 0 Å². The van der Waals surface area contributed by atoms with Crippen LogP contribution in [0.5, 0.6) is 0 Å². The number of amides is 1. The first-order chi connectivity index (χ1) is 11.5. The van der Waals surface area contributed by atoms with Crippen LogP contribution in [0.25, 0.3) is 0 Å². The first-order valence-electron chi connectivity index (χ1n) is 8.13. The predicted molar refractivity (Wildman–Crippen MR) is 103 cm³/mol. The van der Waals surface area contributed by atoms with Crippen LogP contribution in [-0.2, 0) is 14.8 Å².